The van der Waals surface area contributed by atoms with Gasteiger partial charge in [-0.25, -0.2) is 4.79 Å². The molecule has 5 heteroatoms. The molecule has 1 aromatic rings. The van der Waals surface area contributed by atoms with Crippen molar-refractivity contribution in [2.75, 3.05) is 33.8 Å². The Bertz CT molecular complexity index is 421. The van der Waals surface area contributed by atoms with Crippen molar-refractivity contribution < 1.29 is 9.90 Å². The molecule has 0 aliphatic heterocycles. The lowest BCUT2D eigenvalue weighted by Crippen LogP contribution is -2.41. The van der Waals surface area contributed by atoms with Crippen LogP contribution in [0.3, 0.4) is 0 Å². The van der Waals surface area contributed by atoms with Crippen LogP contribution in [0.4, 0.5) is 4.79 Å². The summed E-state index contributed by atoms with van der Waals surface area (Å²) < 4.78 is 0. The average Bonchev–Trinajstić information content (AvgIpc) is 2.42. The molecule has 0 heterocycles. The van der Waals surface area contributed by atoms with Crippen molar-refractivity contribution in [1.29, 1.82) is 0 Å². The lowest BCUT2D eigenvalue weighted by Gasteiger charge is -2.20. The summed E-state index contributed by atoms with van der Waals surface area (Å²) in [7, 11) is 4.06. The molecular formula is C15H25N3O2. The van der Waals surface area contributed by atoms with Crippen molar-refractivity contribution in [3.63, 3.8) is 0 Å². The van der Waals surface area contributed by atoms with Crippen molar-refractivity contribution in [2.45, 2.75) is 20.0 Å². The summed E-state index contributed by atoms with van der Waals surface area (Å²) in [6.45, 7) is 4.22. The molecule has 0 saturated heterocycles. The van der Waals surface area contributed by atoms with Crippen LogP contribution in [0.25, 0.3) is 0 Å². The lowest BCUT2D eigenvalue weighted by atomic mass is 10.1. The zero-order valence-electron chi connectivity index (χ0n) is 12.6. The van der Waals surface area contributed by atoms with Gasteiger partial charge in [0.25, 0.3) is 0 Å². The molecule has 5 nitrogen and oxygen atoms in total. The quantitative estimate of drug-likeness (QED) is 0.790. The third-order valence-electron chi connectivity index (χ3n) is 2.97. The molecule has 2 amide bonds. The number of hydrogen-bond donors (Lipinski definition) is 2. The molecular weight excluding hydrogens is 254 g/mol. The standard InChI is InChI=1S/C15H25N3O2/c1-4-18(8-9-19)15(20)16-11-13-6-5-7-14(10-13)12-17(2)3/h5-7,10,19H,4,8-9,11-12H2,1-3H3,(H,16,20). The monoisotopic (exact) mass is 279 g/mol. The number of nitrogens with one attached hydrogen (secondary N) is 1. The molecule has 0 saturated carbocycles. The summed E-state index contributed by atoms with van der Waals surface area (Å²) in [6.07, 6.45) is 0. The molecule has 0 aromatic heterocycles. The van der Waals surface area contributed by atoms with Crippen LogP contribution in [0.2, 0.25) is 0 Å². The number of aliphatic hydroxyl groups is 1. The van der Waals surface area contributed by atoms with Crippen LogP contribution in [-0.2, 0) is 13.1 Å². The number of nitrogens with zero attached hydrogens (tertiary/aromatic N) is 2. The third-order valence-corrected chi connectivity index (χ3v) is 2.97. The highest BCUT2D eigenvalue weighted by Gasteiger charge is 2.09. The van der Waals surface area contributed by atoms with Crippen LogP contribution in [0.5, 0.6) is 0 Å². The van der Waals surface area contributed by atoms with Crippen molar-refractivity contribution in [3.8, 4) is 0 Å². The molecule has 0 aliphatic rings. The molecule has 0 atom stereocenters. The van der Waals surface area contributed by atoms with Gasteiger partial charge in [-0.3, -0.25) is 0 Å². The smallest absolute Gasteiger partial charge is 0.317 e. The molecule has 0 fully saturated rings. The number of carbonyl (C=O) groups excluding carboxylic acids is 1. The predicted octanol–water partition coefficient (Wildman–Crippen LogP) is 1.27. The maximum Gasteiger partial charge on any atom is 0.317 e. The number of likely N-dealkylation sites (N-methyl/N-ethyl adjacent to an activating group) is 1. The number of aliphatic hydroxyl groups excluding tert-OH is 1. The van der Waals surface area contributed by atoms with Crippen LogP contribution in [0, 0.1) is 0 Å². The van der Waals surface area contributed by atoms with E-state index in [2.05, 4.69) is 22.3 Å². The van der Waals surface area contributed by atoms with Gasteiger partial charge >= 0.3 is 6.03 Å². The van der Waals surface area contributed by atoms with Crippen LogP contribution < -0.4 is 5.32 Å². The van der Waals surface area contributed by atoms with Crippen LogP contribution in [0.15, 0.2) is 24.3 Å². The highest BCUT2D eigenvalue weighted by atomic mass is 16.3. The van der Waals surface area contributed by atoms with E-state index < -0.39 is 0 Å². The van der Waals surface area contributed by atoms with Gasteiger partial charge in [-0.15, -0.1) is 0 Å². The largest absolute Gasteiger partial charge is 0.395 e. The van der Waals surface area contributed by atoms with E-state index in [1.807, 2.05) is 33.2 Å². The van der Waals surface area contributed by atoms with Crippen LogP contribution in [0.1, 0.15) is 18.1 Å². The first-order chi connectivity index (χ1) is 9.56. The lowest BCUT2D eigenvalue weighted by molar-refractivity contribution is 0.180. The predicted molar refractivity (Wildman–Crippen MR) is 80.4 cm³/mol. The Balaban J connectivity index is 2.54. The Hall–Kier alpha value is -1.59. The van der Waals surface area contributed by atoms with E-state index in [9.17, 15) is 4.79 Å². The third kappa shape index (κ3) is 5.59. The molecule has 0 unspecified atom stereocenters. The van der Waals surface area contributed by atoms with Crippen molar-refractivity contribution in [2.24, 2.45) is 0 Å². The number of amides is 2. The van der Waals surface area contributed by atoms with Gasteiger partial charge in [0, 0.05) is 26.2 Å². The molecule has 0 radical (unpaired) electrons. The summed E-state index contributed by atoms with van der Waals surface area (Å²) in [5, 5.41) is 11.8. The van der Waals surface area contributed by atoms with Gasteiger partial charge in [0.1, 0.15) is 0 Å². The second-order valence-corrected chi connectivity index (χ2v) is 5.02. The van der Waals surface area contributed by atoms with Gasteiger partial charge in [0.05, 0.1) is 6.61 Å². The molecule has 1 rings (SSSR count). The van der Waals surface area contributed by atoms with E-state index >= 15 is 0 Å². The molecule has 2 N–H and O–H groups in total. The minimum absolute atomic E-state index is 0.0143. The summed E-state index contributed by atoms with van der Waals surface area (Å²) in [6, 6.07) is 8.05. The fraction of sp³-hybridized carbons (Fsp3) is 0.533. The first kappa shape index (κ1) is 16.5. The topological polar surface area (TPSA) is 55.8 Å². The van der Waals surface area contributed by atoms with Gasteiger partial charge in [-0.2, -0.15) is 0 Å². The fourth-order valence-corrected chi connectivity index (χ4v) is 2.02. The molecule has 20 heavy (non-hydrogen) atoms. The SMILES string of the molecule is CCN(CCO)C(=O)NCc1cccc(CN(C)C)c1. The summed E-state index contributed by atoms with van der Waals surface area (Å²) >= 11 is 0. The Morgan fingerprint density at radius 1 is 1.30 bits per heavy atom. The van der Waals surface area contributed by atoms with Gasteiger partial charge in [-0.1, -0.05) is 24.3 Å². The normalized spacial score (nSPS) is 10.7. The minimum atomic E-state index is -0.139. The molecule has 0 bridgehead atoms. The van der Waals surface area contributed by atoms with Gasteiger partial charge in [0.15, 0.2) is 0 Å². The number of urea groups is 1. The second kappa shape index (κ2) is 8.55. The van der Waals surface area contributed by atoms with Gasteiger partial charge < -0.3 is 20.2 Å². The van der Waals surface area contributed by atoms with Crippen molar-refractivity contribution in [3.05, 3.63) is 35.4 Å². The summed E-state index contributed by atoms with van der Waals surface area (Å²) in [5.74, 6) is 0. The van der Waals surface area contributed by atoms with Gasteiger partial charge in [0.2, 0.25) is 0 Å². The Morgan fingerprint density at radius 2 is 2.00 bits per heavy atom. The van der Waals surface area contributed by atoms with E-state index in [0.717, 1.165) is 12.1 Å². The van der Waals surface area contributed by atoms with E-state index in [0.29, 0.717) is 19.6 Å². The van der Waals surface area contributed by atoms with E-state index in [-0.39, 0.29) is 12.6 Å². The van der Waals surface area contributed by atoms with E-state index in [4.69, 9.17) is 5.11 Å². The first-order valence-corrected chi connectivity index (χ1v) is 6.93. The number of benzene rings is 1. The molecule has 112 valence electrons. The Kier molecular flexibility index (Phi) is 7.04. The Morgan fingerprint density at radius 3 is 2.60 bits per heavy atom. The summed E-state index contributed by atoms with van der Waals surface area (Å²) in [4.78, 5) is 15.6. The second-order valence-electron chi connectivity index (χ2n) is 5.02. The van der Waals surface area contributed by atoms with E-state index in [1.165, 1.54) is 5.56 Å². The molecule has 1 aromatic carbocycles. The zero-order valence-corrected chi connectivity index (χ0v) is 12.6. The summed E-state index contributed by atoms with van der Waals surface area (Å²) in [5.41, 5.74) is 2.31. The zero-order chi connectivity index (χ0) is 15.0. The van der Waals surface area contributed by atoms with Gasteiger partial charge in [-0.05, 0) is 32.1 Å². The van der Waals surface area contributed by atoms with Crippen LogP contribution in [-0.4, -0.2) is 54.7 Å². The highest BCUT2D eigenvalue weighted by Crippen LogP contribution is 2.07. The number of carbonyl (C=O) groups is 1. The van der Waals surface area contributed by atoms with Crippen molar-refractivity contribution >= 4 is 6.03 Å². The van der Waals surface area contributed by atoms with Crippen LogP contribution >= 0.6 is 0 Å². The maximum absolute atomic E-state index is 11.9. The average molecular weight is 279 g/mol. The number of hydrogen-bond acceptors (Lipinski definition) is 3. The minimum Gasteiger partial charge on any atom is -0.395 e. The maximum atomic E-state index is 11.9. The fourth-order valence-electron chi connectivity index (χ4n) is 2.02. The molecule has 0 aliphatic carbocycles. The van der Waals surface area contributed by atoms with E-state index in [1.54, 1.807) is 4.90 Å². The number of rotatable bonds is 7. The Labute approximate surface area is 121 Å². The highest BCUT2D eigenvalue weighted by molar-refractivity contribution is 5.74. The van der Waals surface area contributed by atoms with Crippen molar-refractivity contribution in [1.82, 2.24) is 15.1 Å². The molecule has 0 spiro atoms. The first-order valence-electron chi connectivity index (χ1n) is 6.93.